The van der Waals surface area contributed by atoms with Crippen LogP contribution >= 0.6 is 12.2 Å². The van der Waals surface area contributed by atoms with Crippen LogP contribution in [0.25, 0.3) is 0 Å². The van der Waals surface area contributed by atoms with Crippen molar-refractivity contribution in [2.24, 2.45) is 0 Å². The van der Waals surface area contributed by atoms with Gasteiger partial charge in [-0.25, -0.2) is 0 Å². The van der Waals surface area contributed by atoms with Gasteiger partial charge < -0.3 is 10.1 Å². The molecule has 0 saturated carbocycles. The Morgan fingerprint density at radius 1 is 1.25 bits per heavy atom. The molecule has 3 nitrogen and oxygen atoms in total. The second-order valence-electron chi connectivity index (χ2n) is 6.88. The lowest BCUT2D eigenvalue weighted by Crippen LogP contribution is -2.65. The molecule has 0 amide bonds. The average Bonchev–Trinajstić information content (AvgIpc) is 2.55. The fourth-order valence-electron chi connectivity index (χ4n) is 3.73. The smallest absolute Gasteiger partial charge is 0.188 e. The van der Waals surface area contributed by atoms with Crippen molar-refractivity contribution in [2.75, 3.05) is 4.90 Å². The first-order chi connectivity index (χ1) is 11.5. The van der Waals surface area contributed by atoms with E-state index in [1.807, 2.05) is 0 Å². The molecule has 0 aliphatic carbocycles. The minimum atomic E-state index is -0.469. The molecule has 1 N–H and O–H groups in total. The summed E-state index contributed by atoms with van der Waals surface area (Å²) in [4.78, 5) is 2.11. The van der Waals surface area contributed by atoms with E-state index in [0.29, 0.717) is 0 Å². The Morgan fingerprint density at radius 3 is 2.71 bits per heavy atom. The zero-order valence-electron chi connectivity index (χ0n) is 14.3. The van der Waals surface area contributed by atoms with E-state index in [-0.39, 0.29) is 6.04 Å². The van der Waals surface area contributed by atoms with Gasteiger partial charge in [0.15, 0.2) is 10.8 Å². The summed E-state index contributed by atoms with van der Waals surface area (Å²) < 4.78 is 6.46. The molecule has 2 aliphatic rings. The molecule has 4 rings (SSSR count). The SMILES string of the molecule is CCc1ccc2c(c1)[C@H]1C[C@@](C)(O2)N(c2ccc(C)cc2)C(=S)N1. The van der Waals surface area contributed by atoms with Gasteiger partial charge in [0.1, 0.15) is 5.75 Å². The van der Waals surface area contributed by atoms with Crippen molar-refractivity contribution in [1.82, 2.24) is 5.32 Å². The maximum Gasteiger partial charge on any atom is 0.188 e. The second kappa shape index (κ2) is 5.49. The number of aryl methyl sites for hydroxylation is 2. The number of benzene rings is 2. The number of rotatable bonds is 2. The molecule has 1 fully saturated rings. The van der Waals surface area contributed by atoms with Crippen molar-refractivity contribution in [3.63, 3.8) is 0 Å². The predicted molar refractivity (Wildman–Crippen MR) is 102 cm³/mol. The van der Waals surface area contributed by atoms with Crippen LogP contribution in [0, 0.1) is 6.92 Å². The number of hydrogen-bond donors (Lipinski definition) is 1. The first-order valence-electron chi connectivity index (χ1n) is 8.49. The van der Waals surface area contributed by atoms with Gasteiger partial charge in [-0.3, -0.25) is 4.90 Å². The molecular weight excluding hydrogens is 316 g/mol. The van der Waals surface area contributed by atoms with Crippen LogP contribution in [-0.4, -0.2) is 10.8 Å². The van der Waals surface area contributed by atoms with Crippen LogP contribution in [0.2, 0.25) is 0 Å². The monoisotopic (exact) mass is 338 g/mol. The molecule has 0 radical (unpaired) electrons. The standard InChI is InChI=1S/C20H22N2OS/c1-4-14-7-10-18-16(11-14)17-12-20(3,23-18)22(19(24)21-17)15-8-5-13(2)6-9-15/h5-11,17H,4,12H2,1-3H3,(H,21,24)/t17-,20-/m1/s1. The lowest BCUT2D eigenvalue weighted by Gasteiger charge is -2.52. The van der Waals surface area contributed by atoms with Crippen molar-refractivity contribution >= 4 is 23.0 Å². The van der Waals surface area contributed by atoms with Crippen molar-refractivity contribution in [1.29, 1.82) is 0 Å². The molecular formula is C20H22N2OS. The second-order valence-corrected chi connectivity index (χ2v) is 7.27. The largest absolute Gasteiger partial charge is 0.467 e. The molecule has 2 aromatic rings. The van der Waals surface area contributed by atoms with E-state index in [0.717, 1.165) is 29.4 Å². The summed E-state index contributed by atoms with van der Waals surface area (Å²) in [6, 6.07) is 15.1. The minimum absolute atomic E-state index is 0.208. The Hall–Kier alpha value is -2.07. The van der Waals surface area contributed by atoms with Crippen LogP contribution in [0.15, 0.2) is 42.5 Å². The Bertz CT molecular complexity index is 802. The Labute approximate surface area is 148 Å². The van der Waals surface area contributed by atoms with Gasteiger partial charge >= 0.3 is 0 Å². The average molecular weight is 338 g/mol. The Kier molecular flexibility index (Phi) is 3.53. The van der Waals surface area contributed by atoms with Crippen LogP contribution in [0.1, 0.15) is 43.0 Å². The maximum absolute atomic E-state index is 6.46. The number of anilines is 1. The highest BCUT2D eigenvalue weighted by molar-refractivity contribution is 7.80. The van der Waals surface area contributed by atoms with E-state index in [2.05, 4.69) is 73.5 Å². The Morgan fingerprint density at radius 2 is 2.00 bits per heavy atom. The van der Waals surface area contributed by atoms with Gasteiger partial charge in [0.25, 0.3) is 0 Å². The molecule has 2 atom stereocenters. The number of nitrogens with zero attached hydrogens (tertiary/aromatic N) is 1. The third-order valence-electron chi connectivity index (χ3n) is 5.04. The maximum atomic E-state index is 6.46. The number of thiocarbonyl (C=S) groups is 1. The summed E-state index contributed by atoms with van der Waals surface area (Å²) in [6.45, 7) is 6.39. The van der Waals surface area contributed by atoms with E-state index in [9.17, 15) is 0 Å². The molecule has 124 valence electrons. The van der Waals surface area contributed by atoms with E-state index < -0.39 is 5.72 Å². The van der Waals surface area contributed by atoms with Crippen molar-refractivity contribution in [2.45, 2.75) is 45.4 Å². The topological polar surface area (TPSA) is 24.5 Å². The minimum Gasteiger partial charge on any atom is -0.467 e. The van der Waals surface area contributed by atoms with Crippen LogP contribution in [0.5, 0.6) is 5.75 Å². The van der Waals surface area contributed by atoms with E-state index in [4.69, 9.17) is 17.0 Å². The van der Waals surface area contributed by atoms with Crippen LogP contribution < -0.4 is 15.0 Å². The van der Waals surface area contributed by atoms with Crippen molar-refractivity contribution < 1.29 is 4.74 Å². The van der Waals surface area contributed by atoms with Gasteiger partial charge in [-0.05, 0) is 56.2 Å². The van der Waals surface area contributed by atoms with E-state index >= 15 is 0 Å². The van der Waals surface area contributed by atoms with Gasteiger partial charge in [0, 0.05) is 17.7 Å². The molecule has 0 spiro atoms. The lowest BCUT2D eigenvalue weighted by molar-refractivity contribution is 0.0497. The third kappa shape index (κ3) is 2.37. The molecule has 0 aromatic heterocycles. The molecule has 24 heavy (non-hydrogen) atoms. The molecule has 2 aliphatic heterocycles. The van der Waals surface area contributed by atoms with Gasteiger partial charge in [0.05, 0.1) is 6.04 Å². The normalized spacial score (nSPS) is 24.9. The van der Waals surface area contributed by atoms with Crippen molar-refractivity contribution in [3.8, 4) is 5.75 Å². The van der Waals surface area contributed by atoms with Crippen LogP contribution in [-0.2, 0) is 6.42 Å². The zero-order chi connectivity index (χ0) is 16.9. The van der Waals surface area contributed by atoms with Crippen LogP contribution in [0.4, 0.5) is 5.69 Å². The highest BCUT2D eigenvalue weighted by Gasteiger charge is 2.48. The Balaban J connectivity index is 1.77. The number of ether oxygens (including phenoxy) is 1. The summed E-state index contributed by atoms with van der Waals surface area (Å²) in [5, 5.41) is 4.25. The number of hydrogen-bond acceptors (Lipinski definition) is 2. The first kappa shape index (κ1) is 15.5. The molecule has 2 heterocycles. The highest BCUT2D eigenvalue weighted by Crippen LogP contribution is 2.45. The predicted octanol–water partition coefficient (Wildman–Crippen LogP) is 4.49. The quantitative estimate of drug-likeness (QED) is 0.815. The summed E-state index contributed by atoms with van der Waals surface area (Å²) in [5.41, 5.74) is 4.38. The molecule has 1 saturated heterocycles. The summed E-state index contributed by atoms with van der Waals surface area (Å²) >= 11 is 5.69. The highest BCUT2D eigenvalue weighted by atomic mass is 32.1. The summed E-state index contributed by atoms with van der Waals surface area (Å²) in [5.74, 6) is 0.957. The molecule has 2 bridgehead atoms. The van der Waals surface area contributed by atoms with Crippen LogP contribution in [0.3, 0.4) is 0 Å². The zero-order valence-corrected chi connectivity index (χ0v) is 15.1. The van der Waals surface area contributed by atoms with E-state index in [1.54, 1.807) is 0 Å². The summed E-state index contributed by atoms with van der Waals surface area (Å²) in [6.07, 6.45) is 1.89. The molecule has 0 unspecified atom stereocenters. The van der Waals surface area contributed by atoms with Crippen molar-refractivity contribution in [3.05, 3.63) is 59.2 Å². The van der Waals surface area contributed by atoms with Gasteiger partial charge in [0.2, 0.25) is 0 Å². The number of nitrogens with one attached hydrogen (secondary N) is 1. The molecule has 4 heteroatoms. The van der Waals surface area contributed by atoms with Gasteiger partial charge in [-0.1, -0.05) is 36.8 Å². The lowest BCUT2D eigenvalue weighted by atomic mass is 9.89. The third-order valence-corrected chi connectivity index (χ3v) is 5.34. The van der Waals surface area contributed by atoms with E-state index in [1.165, 1.54) is 16.7 Å². The number of fused-ring (bicyclic) bond motifs is 4. The molecule has 2 aromatic carbocycles. The summed E-state index contributed by atoms with van der Waals surface area (Å²) in [7, 11) is 0. The fourth-order valence-corrected chi connectivity index (χ4v) is 4.17. The van der Waals surface area contributed by atoms with Gasteiger partial charge in [-0.2, -0.15) is 0 Å². The fraction of sp³-hybridized carbons (Fsp3) is 0.350. The van der Waals surface area contributed by atoms with Gasteiger partial charge in [-0.15, -0.1) is 0 Å². The first-order valence-corrected chi connectivity index (χ1v) is 8.90.